The zero-order valence-electron chi connectivity index (χ0n) is 13.7. The van der Waals surface area contributed by atoms with Crippen molar-refractivity contribution in [1.29, 1.82) is 0 Å². The number of phenols is 1. The molecule has 0 saturated heterocycles. The molecule has 1 aromatic heterocycles. The molecule has 0 aliphatic heterocycles. The fraction of sp³-hybridized carbons (Fsp3) is 0.136. The van der Waals surface area contributed by atoms with Crippen LogP contribution in [0, 0.1) is 0 Å². The van der Waals surface area contributed by atoms with Gasteiger partial charge in [0.15, 0.2) is 0 Å². The second kappa shape index (κ2) is 4.35. The highest BCUT2D eigenvalue weighted by Crippen LogP contribution is 2.54. The van der Waals surface area contributed by atoms with E-state index < -0.39 is 0 Å². The normalized spacial score (nSPS) is 14.8. The molecular weight excluding hydrogens is 294 g/mol. The van der Waals surface area contributed by atoms with Gasteiger partial charge in [0, 0.05) is 27.9 Å². The van der Waals surface area contributed by atoms with E-state index in [9.17, 15) is 5.11 Å². The third kappa shape index (κ3) is 1.53. The quantitative estimate of drug-likeness (QED) is 0.471. The fourth-order valence-corrected chi connectivity index (χ4v) is 4.18. The summed E-state index contributed by atoms with van der Waals surface area (Å²) >= 11 is 0. The lowest BCUT2D eigenvalue weighted by molar-refractivity contribution is 0.482. The van der Waals surface area contributed by atoms with Gasteiger partial charge in [0.05, 0.1) is 5.69 Å². The minimum atomic E-state index is -0.194. The molecule has 1 N–H and O–H groups in total. The van der Waals surface area contributed by atoms with E-state index in [1.807, 2.05) is 30.5 Å². The van der Waals surface area contributed by atoms with Crippen molar-refractivity contribution in [2.75, 3.05) is 0 Å². The Morgan fingerprint density at radius 3 is 2.33 bits per heavy atom. The Labute approximate surface area is 140 Å². The van der Waals surface area contributed by atoms with Crippen LogP contribution in [-0.2, 0) is 5.41 Å². The van der Waals surface area contributed by atoms with Gasteiger partial charge in [-0.25, -0.2) is 0 Å². The first-order valence-corrected chi connectivity index (χ1v) is 8.23. The molecule has 0 spiro atoms. The van der Waals surface area contributed by atoms with Gasteiger partial charge in [0.1, 0.15) is 5.75 Å². The largest absolute Gasteiger partial charge is 0.507 e. The molecule has 0 fully saturated rings. The van der Waals surface area contributed by atoms with E-state index in [-0.39, 0.29) is 5.41 Å². The molecule has 4 aromatic rings. The number of fused-ring (bicyclic) bond motifs is 6. The fourth-order valence-electron chi connectivity index (χ4n) is 4.18. The van der Waals surface area contributed by atoms with Crippen molar-refractivity contribution in [3.05, 3.63) is 71.9 Å². The molecule has 0 atom stereocenters. The minimum absolute atomic E-state index is 0.194. The maximum Gasteiger partial charge on any atom is 0.133 e. The Hall–Kier alpha value is -2.87. The van der Waals surface area contributed by atoms with Crippen molar-refractivity contribution in [3.63, 3.8) is 0 Å². The van der Waals surface area contributed by atoms with E-state index in [1.54, 1.807) is 0 Å². The van der Waals surface area contributed by atoms with E-state index in [1.165, 1.54) is 10.9 Å². The molecule has 0 radical (unpaired) electrons. The molecule has 24 heavy (non-hydrogen) atoms. The average molecular weight is 311 g/mol. The highest BCUT2D eigenvalue weighted by Gasteiger charge is 2.40. The van der Waals surface area contributed by atoms with Gasteiger partial charge in [-0.15, -0.1) is 0 Å². The number of phenolic OH excluding ortho intramolecular Hbond substituents is 1. The zero-order chi connectivity index (χ0) is 16.5. The van der Waals surface area contributed by atoms with Crippen LogP contribution < -0.4 is 0 Å². The first-order valence-electron chi connectivity index (χ1n) is 8.23. The van der Waals surface area contributed by atoms with Gasteiger partial charge < -0.3 is 5.11 Å². The topological polar surface area (TPSA) is 33.1 Å². The van der Waals surface area contributed by atoms with Gasteiger partial charge in [-0.1, -0.05) is 62.4 Å². The molecule has 116 valence electrons. The van der Waals surface area contributed by atoms with Gasteiger partial charge in [0.2, 0.25) is 0 Å². The smallest absolute Gasteiger partial charge is 0.133 e. The highest BCUT2D eigenvalue weighted by molar-refractivity contribution is 6.03. The molecule has 1 heterocycles. The number of rotatable bonds is 0. The van der Waals surface area contributed by atoms with Gasteiger partial charge >= 0.3 is 0 Å². The second-order valence-corrected chi connectivity index (χ2v) is 7.06. The van der Waals surface area contributed by atoms with Crippen LogP contribution in [0.5, 0.6) is 5.75 Å². The molecular formula is C22H17NO. The first-order chi connectivity index (χ1) is 11.6. The lowest BCUT2D eigenvalue weighted by atomic mass is 9.80. The van der Waals surface area contributed by atoms with E-state index in [0.717, 1.165) is 33.0 Å². The SMILES string of the molecule is CC1(C)c2cc3ccccc3c(O)c2-c2ncc3ccccc3c21. The van der Waals surface area contributed by atoms with Gasteiger partial charge in [-0.3, -0.25) is 4.98 Å². The van der Waals surface area contributed by atoms with Crippen molar-refractivity contribution >= 4 is 21.5 Å². The number of aromatic hydroxyl groups is 1. The predicted octanol–water partition coefficient (Wildman–Crippen LogP) is 5.40. The third-order valence-corrected chi connectivity index (χ3v) is 5.36. The van der Waals surface area contributed by atoms with Gasteiger partial charge in [-0.05, 0) is 28.0 Å². The summed E-state index contributed by atoms with van der Waals surface area (Å²) < 4.78 is 0. The second-order valence-electron chi connectivity index (χ2n) is 7.06. The summed E-state index contributed by atoms with van der Waals surface area (Å²) in [6.45, 7) is 4.44. The van der Waals surface area contributed by atoms with Crippen LogP contribution in [-0.4, -0.2) is 10.1 Å². The van der Waals surface area contributed by atoms with Gasteiger partial charge in [-0.2, -0.15) is 0 Å². The van der Waals surface area contributed by atoms with Crippen LogP contribution in [0.1, 0.15) is 25.0 Å². The van der Waals surface area contributed by atoms with Crippen molar-refractivity contribution in [1.82, 2.24) is 4.98 Å². The summed E-state index contributed by atoms with van der Waals surface area (Å²) in [5.74, 6) is 0.345. The number of benzene rings is 3. The summed E-state index contributed by atoms with van der Waals surface area (Å²) in [6.07, 6.45) is 1.91. The lowest BCUT2D eigenvalue weighted by Crippen LogP contribution is -2.15. The Morgan fingerprint density at radius 2 is 1.54 bits per heavy atom. The van der Waals surface area contributed by atoms with Crippen LogP contribution in [0.25, 0.3) is 32.8 Å². The maximum absolute atomic E-state index is 11.0. The molecule has 2 heteroatoms. The summed E-state index contributed by atoms with van der Waals surface area (Å²) in [7, 11) is 0. The Morgan fingerprint density at radius 1 is 0.875 bits per heavy atom. The number of hydrogen-bond donors (Lipinski definition) is 1. The van der Waals surface area contributed by atoms with Crippen LogP contribution in [0.2, 0.25) is 0 Å². The Kier molecular flexibility index (Phi) is 2.46. The zero-order valence-corrected chi connectivity index (χ0v) is 13.7. The van der Waals surface area contributed by atoms with Gasteiger partial charge in [0.25, 0.3) is 0 Å². The summed E-state index contributed by atoms with van der Waals surface area (Å²) in [5, 5.41) is 15.3. The number of nitrogens with zero attached hydrogens (tertiary/aromatic N) is 1. The predicted molar refractivity (Wildman–Crippen MR) is 98.5 cm³/mol. The first kappa shape index (κ1) is 13.6. The summed E-state index contributed by atoms with van der Waals surface area (Å²) in [4.78, 5) is 4.73. The van der Waals surface area contributed by atoms with E-state index in [0.29, 0.717) is 5.75 Å². The van der Waals surface area contributed by atoms with Crippen LogP contribution >= 0.6 is 0 Å². The van der Waals surface area contributed by atoms with Crippen molar-refractivity contribution in [3.8, 4) is 17.0 Å². The van der Waals surface area contributed by atoms with E-state index >= 15 is 0 Å². The highest BCUT2D eigenvalue weighted by atomic mass is 16.3. The number of aromatic nitrogens is 1. The third-order valence-electron chi connectivity index (χ3n) is 5.36. The summed E-state index contributed by atoms with van der Waals surface area (Å²) in [5.41, 5.74) is 3.97. The molecule has 5 rings (SSSR count). The van der Waals surface area contributed by atoms with E-state index in [4.69, 9.17) is 4.98 Å². The molecule has 0 bridgehead atoms. The lowest BCUT2D eigenvalue weighted by Gasteiger charge is -2.23. The number of hydrogen-bond acceptors (Lipinski definition) is 2. The van der Waals surface area contributed by atoms with Crippen LogP contribution in [0.3, 0.4) is 0 Å². The monoisotopic (exact) mass is 311 g/mol. The number of pyridine rings is 1. The summed E-state index contributed by atoms with van der Waals surface area (Å²) in [6, 6.07) is 18.6. The Bertz CT molecular complexity index is 1140. The van der Waals surface area contributed by atoms with Crippen molar-refractivity contribution < 1.29 is 5.11 Å². The van der Waals surface area contributed by atoms with E-state index in [2.05, 4.69) is 44.2 Å². The molecule has 0 unspecified atom stereocenters. The molecule has 3 aromatic carbocycles. The van der Waals surface area contributed by atoms with Crippen molar-refractivity contribution in [2.45, 2.75) is 19.3 Å². The molecule has 1 aliphatic rings. The van der Waals surface area contributed by atoms with Crippen molar-refractivity contribution in [2.24, 2.45) is 0 Å². The standard InChI is InChI=1S/C22H17NO/c1-22(2)17-11-13-7-3-6-10-16(13)21(24)18(17)20-19(22)15-9-5-4-8-14(15)12-23-20/h3-12,24H,1-2H3. The maximum atomic E-state index is 11.0. The van der Waals surface area contributed by atoms with Crippen LogP contribution in [0.4, 0.5) is 0 Å². The Balaban J connectivity index is 1.99. The van der Waals surface area contributed by atoms with Crippen LogP contribution in [0.15, 0.2) is 60.8 Å². The molecule has 0 amide bonds. The molecule has 1 aliphatic carbocycles. The average Bonchev–Trinajstić information content (AvgIpc) is 2.83. The minimum Gasteiger partial charge on any atom is -0.507 e. The molecule has 2 nitrogen and oxygen atoms in total. The molecule has 0 saturated carbocycles.